The fourth-order valence-corrected chi connectivity index (χ4v) is 4.13. The molecule has 0 radical (unpaired) electrons. The third kappa shape index (κ3) is 5.74. The van der Waals surface area contributed by atoms with E-state index in [2.05, 4.69) is 10.3 Å². The number of allylic oxidation sites excluding steroid dienone is 1. The number of carbonyl (C=O) groups is 1. The molecule has 2 aromatic rings. The Balaban J connectivity index is 1.66. The molecule has 1 amide bonds. The maximum Gasteiger partial charge on any atom is 0.222 e. The summed E-state index contributed by atoms with van der Waals surface area (Å²) in [6, 6.07) is 8.39. The first-order valence-corrected chi connectivity index (χ1v) is 11.7. The van der Waals surface area contributed by atoms with Gasteiger partial charge in [-0.05, 0) is 50.3 Å². The highest BCUT2D eigenvalue weighted by Crippen LogP contribution is 2.29. The molecule has 1 atom stereocenters. The summed E-state index contributed by atoms with van der Waals surface area (Å²) >= 11 is 0. The van der Waals surface area contributed by atoms with Gasteiger partial charge in [-0.15, -0.1) is 0 Å². The molecule has 0 bridgehead atoms. The zero-order valence-corrected chi connectivity index (χ0v) is 19.0. The summed E-state index contributed by atoms with van der Waals surface area (Å²) in [5, 5.41) is 3.19. The number of carbonyl (C=O) groups excluding carboxylic acids is 1. The van der Waals surface area contributed by atoms with Crippen molar-refractivity contribution in [2.75, 3.05) is 18.4 Å². The molecular weight excluding hydrogens is 419 g/mol. The van der Waals surface area contributed by atoms with Crippen LogP contribution in [0.5, 0.6) is 0 Å². The van der Waals surface area contributed by atoms with Crippen LogP contribution in [-0.2, 0) is 4.79 Å². The number of nitrogens with zero attached hydrogens (tertiary/aromatic N) is 4. The van der Waals surface area contributed by atoms with Crippen LogP contribution < -0.4 is 11.1 Å². The van der Waals surface area contributed by atoms with Crippen molar-refractivity contribution < 1.29 is 9.18 Å². The normalized spacial score (nSPS) is 19.5. The molecule has 1 saturated heterocycles. The Labute approximate surface area is 194 Å². The number of aromatic nitrogens is 2. The number of nitrogens with one attached hydrogen (secondary N) is 1. The number of aliphatic imine (C=N–C) groups is 1. The zero-order chi connectivity index (χ0) is 23.2. The Hall–Kier alpha value is -3.29. The van der Waals surface area contributed by atoms with Crippen LogP contribution in [0.2, 0.25) is 0 Å². The molecule has 1 aliphatic heterocycles. The average Bonchev–Trinajstić information content (AvgIpc) is 2.80. The van der Waals surface area contributed by atoms with Crippen LogP contribution in [0.25, 0.3) is 5.57 Å². The maximum absolute atomic E-state index is 13.7. The highest BCUT2D eigenvalue weighted by atomic mass is 19.1. The van der Waals surface area contributed by atoms with Crippen LogP contribution in [0, 0.1) is 5.82 Å². The van der Waals surface area contributed by atoms with Gasteiger partial charge in [0.05, 0.1) is 5.69 Å². The van der Waals surface area contributed by atoms with E-state index in [0.717, 1.165) is 32.2 Å². The summed E-state index contributed by atoms with van der Waals surface area (Å²) in [6.07, 6.45) is 8.98. The largest absolute Gasteiger partial charge is 0.404 e. The van der Waals surface area contributed by atoms with Gasteiger partial charge >= 0.3 is 0 Å². The zero-order valence-electron chi connectivity index (χ0n) is 19.0. The van der Waals surface area contributed by atoms with E-state index < -0.39 is 0 Å². The smallest absolute Gasteiger partial charge is 0.222 e. The van der Waals surface area contributed by atoms with Crippen molar-refractivity contribution in [3.05, 3.63) is 53.9 Å². The summed E-state index contributed by atoms with van der Waals surface area (Å²) < 4.78 is 13.7. The van der Waals surface area contributed by atoms with Crippen molar-refractivity contribution in [1.82, 2.24) is 14.9 Å². The lowest BCUT2D eigenvalue weighted by molar-refractivity contribution is -0.132. The lowest BCUT2D eigenvalue weighted by Gasteiger charge is -2.32. The highest BCUT2D eigenvalue weighted by Gasteiger charge is 2.27. The maximum atomic E-state index is 13.7. The lowest BCUT2D eigenvalue weighted by Crippen LogP contribution is -2.39. The summed E-state index contributed by atoms with van der Waals surface area (Å²) in [5.41, 5.74) is 7.91. The summed E-state index contributed by atoms with van der Waals surface area (Å²) in [4.78, 5) is 28.4. The third-order valence-corrected chi connectivity index (χ3v) is 6.26. The first-order valence-electron chi connectivity index (χ1n) is 11.7. The fraction of sp³-hybridized carbons (Fsp3) is 0.440. The molecule has 1 aromatic heterocycles. The Morgan fingerprint density at radius 2 is 2.12 bits per heavy atom. The SMILES string of the molecule is CCC(=O)N1CCCC(c2nc(Nc3cccc(F)c3)cc(/C(C=NC3CCC3)=C/N)n2)C1. The molecule has 2 aliphatic rings. The van der Waals surface area contributed by atoms with E-state index in [1.807, 2.05) is 11.8 Å². The van der Waals surface area contributed by atoms with E-state index in [-0.39, 0.29) is 17.6 Å². The number of halogens is 1. The van der Waals surface area contributed by atoms with Gasteiger partial charge in [0.2, 0.25) is 5.91 Å². The Morgan fingerprint density at radius 3 is 2.82 bits per heavy atom. The predicted molar refractivity (Wildman–Crippen MR) is 129 cm³/mol. The van der Waals surface area contributed by atoms with E-state index in [1.54, 1.807) is 24.4 Å². The van der Waals surface area contributed by atoms with E-state index in [1.165, 1.54) is 24.8 Å². The first-order chi connectivity index (χ1) is 16.1. The molecule has 1 saturated carbocycles. The Kier molecular flexibility index (Phi) is 7.32. The van der Waals surface area contributed by atoms with Gasteiger partial charge in [-0.2, -0.15) is 0 Å². The minimum atomic E-state index is -0.328. The second-order valence-corrected chi connectivity index (χ2v) is 8.65. The minimum Gasteiger partial charge on any atom is -0.404 e. The molecule has 4 rings (SSSR count). The lowest BCUT2D eigenvalue weighted by atomic mass is 9.94. The van der Waals surface area contributed by atoms with Gasteiger partial charge in [0.15, 0.2) is 0 Å². The van der Waals surface area contributed by atoms with Crippen LogP contribution in [0.15, 0.2) is 41.5 Å². The minimum absolute atomic E-state index is 0.0184. The van der Waals surface area contributed by atoms with Crippen molar-refractivity contribution in [1.29, 1.82) is 0 Å². The molecule has 3 N–H and O–H groups in total. The van der Waals surface area contributed by atoms with Crippen LogP contribution >= 0.6 is 0 Å². The number of hydrogen-bond donors (Lipinski definition) is 2. The van der Waals surface area contributed by atoms with Gasteiger partial charge in [-0.1, -0.05) is 13.0 Å². The van der Waals surface area contributed by atoms with Gasteiger partial charge in [-0.25, -0.2) is 14.4 Å². The van der Waals surface area contributed by atoms with Crippen LogP contribution in [0.4, 0.5) is 15.9 Å². The number of rotatable bonds is 7. The molecule has 2 heterocycles. The molecule has 174 valence electrons. The van der Waals surface area contributed by atoms with Gasteiger partial charge in [0, 0.05) is 61.2 Å². The second-order valence-electron chi connectivity index (χ2n) is 8.65. The quantitative estimate of drug-likeness (QED) is 0.610. The average molecular weight is 451 g/mol. The third-order valence-electron chi connectivity index (χ3n) is 6.26. The van der Waals surface area contributed by atoms with Crippen LogP contribution in [0.3, 0.4) is 0 Å². The molecule has 7 nitrogen and oxygen atoms in total. The van der Waals surface area contributed by atoms with Gasteiger partial charge < -0.3 is 16.0 Å². The standard InChI is InChI=1S/C25H31FN6O/c1-2-24(33)32-11-5-6-17(16-32)25-30-22(18(14-27)15-28-20-8-4-9-20)13-23(31-25)29-21-10-3-7-19(26)12-21/h3,7,10,12-15,17,20H,2,4-6,8-9,11,16,27H2,1H3,(H,29,30,31)/b18-14+,28-15?. The summed E-state index contributed by atoms with van der Waals surface area (Å²) in [5.74, 6) is 1.03. The molecular formula is C25H31FN6O. The monoisotopic (exact) mass is 450 g/mol. The number of hydrogen-bond acceptors (Lipinski definition) is 6. The molecule has 1 unspecified atom stereocenters. The number of likely N-dealkylation sites (tertiary alicyclic amines) is 1. The van der Waals surface area contributed by atoms with Crippen LogP contribution in [-0.4, -0.2) is 46.1 Å². The number of anilines is 2. The van der Waals surface area contributed by atoms with Crippen molar-refractivity contribution in [2.45, 2.75) is 57.4 Å². The molecule has 33 heavy (non-hydrogen) atoms. The fourth-order valence-electron chi connectivity index (χ4n) is 4.13. The topological polar surface area (TPSA) is 96.5 Å². The van der Waals surface area contributed by atoms with Crippen molar-refractivity contribution >= 4 is 29.2 Å². The Morgan fingerprint density at radius 1 is 1.27 bits per heavy atom. The van der Waals surface area contributed by atoms with E-state index >= 15 is 0 Å². The molecule has 8 heteroatoms. The Bertz CT molecular complexity index is 1050. The number of piperidine rings is 1. The van der Waals surface area contributed by atoms with E-state index in [4.69, 9.17) is 15.7 Å². The molecule has 2 fully saturated rings. The number of nitrogens with two attached hydrogens (primary N) is 1. The predicted octanol–water partition coefficient (Wildman–Crippen LogP) is 4.40. The van der Waals surface area contributed by atoms with Crippen molar-refractivity contribution in [3.8, 4) is 0 Å². The van der Waals surface area contributed by atoms with E-state index in [9.17, 15) is 9.18 Å². The number of amides is 1. The van der Waals surface area contributed by atoms with E-state index in [0.29, 0.717) is 47.6 Å². The van der Waals surface area contributed by atoms with Gasteiger partial charge in [0.1, 0.15) is 17.5 Å². The van der Waals surface area contributed by atoms with Gasteiger partial charge in [0.25, 0.3) is 0 Å². The summed E-state index contributed by atoms with van der Waals surface area (Å²) in [6.45, 7) is 3.23. The van der Waals surface area contributed by atoms with Gasteiger partial charge in [-0.3, -0.25) is 9.79 Å². The first kappa shape index (κ1) is 22.9. The number of benzene rings is 1. The summed E-state index contributed by atoms with van der Waals surface area (Å²) in [7, 11) is 0. The second kappa shape index (κ2) is 10.6. The highest BCUT2D eigenvalue weighted by molar-refractivity contribution is 6.09. The van der Waals surface area contributed by atoms with Crippen molar-refractivity contribution in [3.63, 3.8) is 0 Å². The van der Waals surface area contributed by atoms with Crippen LogP contribution in [0.1, 0.15) is 62.9 Å². The van der Waals surface area contributed by atoms with Crippen molar-refractivity contribution in [2.24, 2.45) is 10.7 Å². The molecule has 1 aromatic carbocycles. The molecule has 0 spiro atoms. The molecule has 1 aliphatic carbocycles.